The molecule has 0 aliphatic carbocycles. The van der Waals surface area contributed by atoms with Crippen molar-refractivity contribution >= 4 is 11.6 Å². The minimum absolute atomic E-state index is 0.174. The number of phenolic OH excluding ortho intramolecular Hbond substituents is 1. The van der Waals surface area contributed by atoms with Crippen molar-refractivity contribution in [2.45, 2.75) is 13.0 Å². The monoisotopic (exact) mass is 259 g/mol. The van der Waals surface area contributed by atoms with Gasteiger partial charge < -0.3 is 20.7 Å². The topological polar surface area (TPSA) is 82.3 Å². The summed E-state index contributed by atoms with van der Waals surface area (Å²) in [6.45, 7) is 1.86. The number of phenols is 1. The van der Waals surface area contributed by atoms with E-state index in [0.29, 0.717) is 16.9 Å². The number of nitrogens with zero attached hydrogens (tertiary/aromatic N) is 1. The van der Waals surface area contributed by atoms with E-state index in [9.17, 15) is 9.90 Å². The molecule has 1 heterocycles. The van der Waals surface area contributed by atoms with Gasteiger partial charge in [-0.15, -0.1) is 0 Å². The summed E-state index contributed by atoms with van der Waals surface area (Å²) in [7, 11) is 1.69. The van der Waals surface area contributed by atoms with E-state index < -0.39 is 0 Å². The molecule has 5 heteroatoms. The van der Waals surface area contributed by atoms with Crippen LogP contribution in [-0.4, -0.2) is 27.9 Å². The van der Waals surface area contributed by atoms with Crippen molar-refractivity contribution in [1.82, 2.24) is 9.88 Å². The van der Waals surface area contributed by atoms with Crippen molar-refractivity contribution in [2.24, 2.45) is 0 Å². The lowest BCUT2D eigenvalue weighted by Gasteiger charge is -2.25. The number of nitrogens with two attached hydrogens (primary N) is 1. The van der Waals surface area contributed by atoms with Crippen molar-refractivity contribution in [2.75, 3.05) is 12.8 Å². The van der Waals surface area contributed by atoms with Crippen molar-refractivity contribution in [3.05, 3.63) is 47.8 Å². The van der Waals surface area contributed by atoms with Crippen molar-refractivity contribution < 1.29 is 9.90 Å². The first-order chi connectivity index (χ1) is 9.00. The third kappa shape index (κ3) is 2.54. The maximum absolute atomic E-state index is 12.2. The van der Waals surface area contributed by atoms with Gasteiger partial charge in [0.2, 0.25) is 0 Å². The summed E-state index contributed by atoms with van der Waals surface area (Å²) in [5, 5.41) is 9.82. The summed E-state index contributed by atoms with van der Waals surface area (Å²) < 4.78 is 0. The van der Waals surface area contributed by atoms with Crippen LogP contribution in [0.5, 0.6) is 5.75 Å². The Morgan fingerprint density at radius 3 is 2.68 bits per heavy atom. The molecule has 1 aromatic carbocycles. The molecule has 1 atom stereocenters. The number of carbonyl (C=O) groups excluding carboxylic acids is 1. The number of benzene rings is 1. The lowest BCUT2D eigenvalue weighted by Crippen LogP contribution is -2.29. The molecule has 0 saturated heterocycles. The van der Waals surface area contributed by atoms with Gasteiger partial charge in [0.25, 0.3) is 5.91 Å². The number of nitrogens with one attached hydrogen (secondary N) is 1. The number of rotatable bonds is 3. The zero-order chi connectivity index (χ0) is 14.0. The maximum Gasteiger partial charge on any atom is 0.270 e. The summed E-state index contributed by atoms with van der Waals surface area (Å²) >= 11 is 0. The number of aromatic amines is 1. The predicted molar refractivity (Wildman–Crippen MR) is 73.8 cm³/mol. The van der Waals surface area contributed by atoms with Gasteiger partial charge >= 0.3 is 0 Å². The van der Waals surface area contributed by atoms with Crippen LogP contribution >= 0.6 is 0 Å². The quantitative estimate of drug-likeness (QED) is 0.789. The van der Waals surface area contributed by atoms with Gasteiger partial charge in [0, 0.05) is 24.5 Å². The second-order valence-corrected chi connectivity index (χ2v) is 4.50. The number of anilines is 1. The zero-order valence-electron chi connectivity index (χ0n) is 10.9. The third-order valence-electron chi connectivity index (χ3n) is 3.22. The number of aromatic nitrogens is 1. The van der Waals surface area contributed by atoms with Crippen LogP contribution < -0.4 is 5.73 Å². The minimum Gasteiger partial charge on any atom is -0.508 e. The Morgan fingerprint density at radius 1 is 1.42 bits per heavy atom. The summed E-state index contributed by atoms with van der Waals surface area (Å²) in [4.78, 5) is 16.6. The molecule has 19 heavy (non-hydrogen) atoms. The van der Waals surface area contributed by atoms with Gasteiger partial charge in [0.15, 0.2) is 0 Å². The lowest BCUT2D eigenvalue weighted by molar-refractivity contribution is 0.0736. The molecule has 0 radical (unpaired) electrons. The van der Waals surface area contributed by atoms with Gasteiger partial charge in [0.1, 0.15) is 11.4 Å². The van der Waals surface area contributed by atoms with Gasteiger partial charge in [0.05, 0.1) is 6.04 Å². The molecule has 0 aliphatic rings. The minimum atomic E-state index is -0.238. The first-order valence-electron chi connectivity index (χ1n) is 5.99. The van der Waals surface area contributed by atoms with E-state index in [0.717, 1.165) is 0 Å². The second kappa shape index (κ2) is 5.06. The van der Waals surface area contributed by atoms with Crippen LogP contribution in [0.2, 0.25) is 0 Å². The normalized spacial score (nSPS) is 12.1. The fraction of sp³-hybridized carbons (Fsp3) is 0.214. The van der Waals surface area contributed by atoms with Gasteiger partial charge in [-0.2, -0.15) is 0 Å². The predicted octanol–water partition coefficient (Wildman–Crippen LogP) is 2.14. The fourth-order valence-electron chi connectivity index (χ4n) is 1.95. The number of nitrogen functional groups attached to an aromatic ring is 1. The largest absolute Gasteiger partial charge is 0.508 e. The van der Waals surface area contributed by atoms with Crippen LogP contribution in [0.4, 0.5) is 5.69 Å². The van der Waals surface area contributed by atoms with Crippen molar-refractivity contribution in [3.8, 4) is 5.75 Å². The third-order valence-corrected chi connectivity index (χ3v) is 3.22. The Labute approximate surface area is 111 Å². The molecule has 5 nitrogen and oxygen atoms in total. The summed E-state index contributed by atoms with van der Waals surface area (Å²) in [5.41, 5.74) is 7.25. The number of aromatic hydroxyl groups is 1. The average Bonchev–Trinajstić information content (AvgIpc) is 2.83. The van der Waals surface area contributed by atoms with Crippen LogP contribution in [-0.2, 0) is 0 Å². The van der Waals surface area contributed by atoms with E-state index in [1.165, 1.54) is 0 Å². The molecule has 0 spiro atoms. The summed E-state index contributed by atoms with van der Waals surface area (Å²) in [6.07, 6.45) is 1.58. The van der Waals surface area contributed by atoms with E-state index in [-0.39, 0.29) is 17.7 Å². The number of hydrogen-bond acceptors (Lipinski definition) is 3. The molecule has 0 aliphatic heterocycles. The SMILES string of the molecule is CC(c1ccccc1O)N(C)C(=O)c1cc(N)c[nH]1. The average molecular weight is 259 g/mol. The van der Waals surface area contributed by atoms with E-state index in [2.05, 4.69) is 4.98 Å². The standard InChI is InChI=1S/C14H17N3O2/c1-9(11-5-3-4-6-13(11)18)17(2)14(19)12-7-10(15)8-16-12/h3-9,16,18H,15H2,1-2H3. The maximum atomic E-state index is 12.2. The number of H-pyrrole nitrogens is 1. The molecule has 2 rings (SSSR count). The Balaban J connectivity index is 2.22. The van der Waals surface area contributed by atoms with E-state index in [4.69, 9.17) is 5.73 Å². The molecule has 100 valence electrons. The molecule has 4 N–H and O–H groups in total. The molecule has 1 unspecified atom stereocenters. The van der Waals surface area contributed by atoms with Crippen LogP contribution in [0, 0.1) is 0 Å². The molecule has 1 amide bonds. The highest BCUT2D eigenvalue weighted by Gasteiger charge is 2.21. The Hall–Kier alpha value is -2.43. The number of carbonyl (C=O) groups is 1. The van der Waals surface area contributed by atoms with Gasteiger partial charge in [-0.1, -0.05) is 18.2 Å². The highest BCUT2D eigenvalue weighted by molar-refractivity contribution is 5.93. The lowest BCUT2D eigenvalue weighted by atomic mass is 10.1. The Kier molecular flexibility index (Phi) is 3.46. The van der Waals surface area contributed by atoms with Crippen LogP contribution in [0.15, 0.2) is 36.5 Å². The van der Waals surface area contributed by atoms with Crippen LogP contribution in [0.25, 0.3) is 0 Å². The number of amides is 1. The first-order valence-corrected chi connectivity index (χ1v) is 5.99. The molecule has 2 aromatic rings. The molecule has 0 bridgehead atoms. The molecular weight excluding hydrogens is 242 g/mol. The highest BCUT2D eigenvalue weighted by atomic mass is 16.3. The molecule has 0 saturated carbocycles. The molecule has 1 aromatic heterocycles. The van der Waals surface area contributed by atoms with Crippen LogP contribution in [0.3, 0.4) is 0 Å². The van der Waals surface area contributed by atoms with E-state index in [1.807, 2.05) is 13.0 Å². The van der Waals surface area contributed by atoms with Gasteiger partial charge in [-0.3, -0.25) is 4.79 Å². The first kappa shape index (κ1) is 13.0. The summed E-state index contributed by atoms with van der Waals surface area (Å²) in [6, 6.07) is 8.34. The van der Waals surface area contributed by atoms with Crippen LogP contribution in [0.1, 0.15) is 29.0 Å². The number of hydrogen-bond donors (Lipinski definition) is 3. The second-order valence-electron chi connectivity index (χ2n) is 4.50. The molecular formula is C14H17N3O2. The van der Waals surface area contributed by atoms with E-state index >= 15 is 0 Å². The summed E-state index contributed by atoms with van der Waals surface area (Å²) in [5.74, 6) is 0.00750. The van der Waals surface area contributed by atoms with E-state index in [1.54, 1.807) is 42.4 Å². The highest BCUT2D eigenvalue weighted by Crippen LogP contribution is 2.28. The van der Waals surface area contributed by atoms with Crippen molar-refractivity contribution in [1.29, 1.82) is 0 Å². The fourth-order valence-corrected chi connectivity index (χ4v) is 1.95. The van der Waals surface area contributed by atoms with Gasteiger partial charge in [-0.05, 0) is 19.1 Å². The molecule has 0 fully saturated rings. The van der Waals surface area contributed by atoms with Gasteiger partial charge in [-0.25, -0.2) is 0 Å². The zero-order valence-corrected chi connectivity index (χ0v) is 10.9. The smallest absolute Gasteiger partial charge is 0.270 e. The van der Waals surface area contributed by atoms with Crippen molar-refractivity contribution in [3.63, 3.8) is 0 Å². The Morgan fingerprint density at radius 2 is 2.11 bits per heavy atom. The Bertz CT molecular complexity index is 592. The number of para-hydroxylation sites is 1.